The maximum absolute atomic E-state index is 12.6. The Kier molecular flexibility index (Phi) is 4.78. The Bertz CT molecular complexity index is 1050. The number of benzene rings is 2. The number of anilines is 1. The van der Waals surface area contributed by atoms with Crippen molar-refractivity contribution >= 4 is 22.5 Å². The fourth-order valence-corrected chi connectivity index (χ4v) is 2.86. The third-order valence-corrected chi connectivity index (χ3v) is 4.23. The van der Waals surface area contributed by atoms with E-state index >= 15 is 0 Å². The van der Waals surface area contributed by atoms with Gasteiger partial charge in [-0.15, -0.1) is 0 Å². The number of hydrogen-bond acceptors (Lipinski definition) is 2. The van der Waals surface area contributed by atoms with Gasteiger partial charge in [-0.1, -0.05) is 19.9 Å². The Morgan fingerprint density at radius 1 is 1.04 bits per heavy atom. The minimum atomic E-state index is -4.45. The summed E-state index contributed by atoms with van der Waals surface area (Å²) >= 11 is 0. The Labute approximate surface area is 153 Å². The van der Waals surface area contributed by atoms with Crippen LogP contribution in [0.2, 0.25) is 0 Å². The van der Waals surface area contributed by atoms with Crippen molar-refractivity contribution in [1.82, 2.24) is 4.98 Å². The fraction of sp³-hybridized carbons (Fsp3) is 0.200. The molecule has 1 aromatic heterocycles. The molecule has 27 heavy (non-hydrogen) atoms. The van der Waals surface area contributed by atoms with E-state index < -0.39 is 17.6 Å². The summed E-state index contributed by atoms with van der Waals surface area (Å²) in [5, 5.41) is 3.51. The smallest absolute Gasteiger partial charge is 0.322 e. The van der Waals surface area contributed by atoms with Crippen molar-refractivity contribution in [3.63, 3.8) is 0 Å². The van der Waals surface area contributed by atoms with Crippen LogP contribution < -0.4 is 10.9 Å². The number of amides is 1. The van der Waals surface area contributed by atoms with Gasteiger partial charge in [-0.3, -0.25) is 9.59 Å². The van der Waals surface area contributed by atoms with Crippen molar-refractivity contribution < 1.29 is 18.0 Å². The SMILES string of the molecule is CC(C)c1cc(=O)[nH]c2cc(NC(=O)c3ccc(C(F)(F)F)cc3)ccc12. The van der Waals surface area contributed by atoms with E-state index in [1.54, 1.807) is 24.3 Å². The number of halogens is 3. The lowest BCUT2D eigenvalue weighted by Crippen LogP contribution is -2.13. The predicted octanol–water partition coefficient (Wildman–Crippen LogP) is 4.92. The van der Waals surface area contributed by atoms with Gasteiger partial charge in [0, 0.05) is 22.7 Å². The molecule has 2 aromatic carbocycles. The summed E-state index contributed by atoms with van der Waals surface area (Å²) in [5.74, 6) is -0.382. The van der Waals surface area contributed by atoms with Crippen LogP contribution in [-0.2, 0) is 6.18 Å². The number of alkyl halides is 3. The minimum absolute atomic E-state index is 0.104. The summed E-state index contributed by atoms with van der Waals surface area (Å²) in [4.78, 5) is 26.9. The number of carbonyl (C=O) groups is 1. The number of carbonyl (C=O) groups excluding carboxylic acids is 1. The second-order valence-electron chi connectivity index (χ2n) is 6.53. The predicted molar refractivity (Wildman–Crippen MR) is 98.1 cm³/mol. The van der Waals surface area contributed by atoms with Gasteiger partial charge in [0.05, 0.1) is 11.1 Å². The second kappa shape index (κ2) is 6.90. The Balaban J connectivity index is 1.88. The number of H-pyrrole nitrogens is 1. The molecule has 0 fully saturated rings. The zero-order valence-corrected chi connectivity index (χ0v) is 14.6. The highest BCUT2D eigenvalue weighted by atomic mass is 19.4. The van der Waals surface area contributed by atoms with Gasteiger partial charge in [0.15, 0.2) is 0 Å². The van der Waals surface area contributed by atoms with Gasteiger partial charge >= 0.3 is 6.18 Å². The third kappa shape index (κ3) is 4.02. The second-order valence-corrected chi connectivity index (χ2v) is 6.53. The molecule has 0 spiro atoms. The number of fused-ring (bicyclic) bond motifs is 1. The average Bonchev–Trinajstić information content (AvgIpc) is 2.60. The van der Waals surface area contributed by atoms with Crippen molar-refractivity contribution in [2.75, 3.05) is 5.32 Å². The van der Waals surface area contributed by atoms with Gasteiger partial charge in [-0.05, 0) is 47.9 Å². The van der Waals surface area contributed by atoms with Gasteiger partial charge < -0.3 is 10.3 Å². The lowest BCUT2D eigenvalue weighted by molar-refractivity contribution is -0.137. The summed E-state index contributed by atoms with van der Waals surface area (Å²) in [6.07, 6.45) is -4.45. The average molecular weight is 374 g/mol. The quantitative estimate of drug-likeness (QED) is 0.683. The molecule has 0 aliphatic carbocycles. The molecule has 3 rings (SSSR count). The maximum atomic E-state index is 12.6. The first-order valence-corrected chi connectivity index (χ1v) is 8.31. The number of hydrogen-bond donors (Lipinski definition) is 2. The number of aromatic amines is 1. The largest absolute Gasteiger partial charge is 0.416 e. The topological polar surface area (TPSA) is 62.0 Å². The fourth-order valence-electron chi connectivity index (χ4n) is 2.86. The molecule has 3 aromatic rings. The van der Waals surface area contributed by atoms with Crippen molar-refractivity contribution in [2.24, 2.45) is 0 Å². The summed E-state index contributed by atoms with van der Waals surface area (Å²) in [6, 6.07) is 10.6. The van der Waals surface area contributed by atoms with Crippen molar-refractivity contribution in [2.45, 2.75) is 25.9 Å². The first-order chi connectivity index (χ1) is 12.6. The molecule has 0 saturated carbocycles. The van der Waals surface area contributed by atoms with Gasteiger partial charge in [0.1, 0.15) is 0 Å². The first kappa shape index (κ1) is 18.7. The molecular weight excluding hydrogens is 357 g/mol. The lowest BCUT2D eigenvalue weighted by atomic mass is 9.99. The van der Waals surface area contributed by atoms with Gasteiger partial charge in [0.2, 0.25) is 5.56 Å². The lowest BCUT2D eigenvalue weighted by Gasteiger charge is -2.12. The molecular formula is C20H17F3N2O2. The molecule has 1 heterocycles. The number of aromatic nitrogens is 1. The molecule has 0 aliphatic heterocycles. The van der Waals surface area contributed by atoms with Crippen molar-refractivity contribution in [1.29, 1.82) is 0 Å². The summed E-state index contributed by atoms with van der Waals surface area (Å²) in [7, 11) is 0. The van der Waals surface area contributed by atoms with Crippen LogP contribution in [0.4, 0.5) is 18.9 Å². The molecule has 2 N–H and O–H groups in total. The normalized spacial score (nSPS) is 11.8. The Morgan fingerprint density at radius 3 is 2.30 bits per heavy atom. The van der Waals surface area contributed by atoms with Gasteiger partial charge in [-0.2, -0.15) is 13.2 Å². The highest BCUT2D eigenvalue weighted by Crippen LogP contribution is 2.29. The molecule has 140 valence electrons. The molecule has 0 atom stereocenters. The zero-order valence-electron chi connectivity index (χ0n) is 14.6. The molecule has 4 nitrogen and oxygen atoms in total. The van der Waals surface area contributed by atoms with E-state index in [0.717, 1.165) is 35.2 Å². The number of pyridine rings is 1. The Morgan fingerprint density at radius 2 is 1.70 bits per heavy atom. The van der Waals surface area contributed by atoms with Gasteiger partial charge in [-0.25, -0.2) is 0 Å². The van der Waals surface area contributed by atoms with Crippen LogP contribution >= 0.6 is 0 Å². The molecule has 0 unspecified atom stereocenters. The molecule has 0 radical (unpaired) electrons. The monoisotopic (exact) mass is 374 g/mol. The van der Waals surface area contributed by atoms with Crippen LogP contribution in [0.25, 0.3) is 10.9 Å². The van der Waals surface area contributed by atoms with E-state index in [1.165, 1.54) is 0 Å². The molecule has 0 aliphatic rings. The van der Waals surface area contributed by atoms with Crippen LogP contribution in [0.1, 0.15) is 41.3 Å². The van der Waals surface area contributed by atoms with E-state index in [9.17, 15) is 22.8 Å². The molecule has 0 saturated heterocycles. The zero-order chi connectivity index (χ0) is 19.8. The van der Waals surface area contributed by atoms with E-state index in [2.05, 4.69) is 10.3 Å². The molecule has 7 heteroatoms. The first-order valence-electron chi connectivity index (χ1n) is 8.31. The minimum Gasteiger partial charge on any atom is -0.322 e. The van der Waals surface area contributed by atoms with E-state index in [4.69, 9.17) is 0 Å². The van der Waals surface area contributed by atoms with Crippen LogP contribution in [0.5, 0.6) is 0 Å². The number of rotatable bonds is 3. The highest BCUT2D eigenvalue weighted by Gasteiger charge is 2.30. The third-order valence-electron chi connectivity index (χ3n) is 4.23. The number of nitrogens with one attached hydrogen (secondary N) is 2. The van der Waals surface area contributed by atoms with Gasteiger partial charge in [0.25, 0.3) is 5.91 Å². The summed E-state index contributed by atoms with van der Waals surface area (Å²) in [5.41, 5.74) is 0.961. The van der Waals surface area contributed by atoms with Crippen molar-refractivity contribution in [3.8, 4) is 0 Å². The summed E-state index contributed by atoms with van der Waals surface area (Å²) in [6.45, 7) is 3.96. The maximum Gasteiger partial charge on any atom is 0.416 e. The van der Waals surface area contributed by atoms with Crippen LogP contribution in [0.3, 0.4) is 0 Å². The van der Waals surface area contributed by atoms with Crippen LogP contribution in [0, 0.1) is 0 Å². The van der Waals surface area contributed by atoms with Crippen molar-refractivity contribution in [3.05, 3.63) is 75.6 Å². The van der Waals surface area contributed by atoms with Crippen LogP contribution in [0.15, 0.2) is 53.3 Å². The van der Waals surface area contributed by atoms with Crippen LogP contribution in [-0.4, -0.2) is 10.9 Å². The Hall–Kier alpha value is -3.09. The standard InChI is InChI=1S/C20H17F3N2O2/c1-11(2)16-10-18(26)25-17-9-14(7-8-15(16)17)24-19(27)12-3-5-13(6-4-12)20(21,22)23/h3-11H,1-2H3,(H,24,27)(H,25,26). The van der Waals surface area contributed by atoms with E-state index in [1.807, 2.05) is 13.8 Å². The summed E-state index contributed by atoms with van der Waals surface area (Å²) < 4.78 is 37.8. The van der Waals surface area contributed by atoms with E-state index in [-0.39, 0.29) is 17.0 Å². The molecule has 0 bridgehead atoms. The highest BCUT2D eigenvalue weighted by molar-refractivity contribution is 6.05. The van der Waals surface area contributed by atoms with E-state index in [0.29, 0.717) is 11.2 Å². The molecule has 1 amide bonds.